The molecule has 9 nitrogen and oxygen atoms in total. The zero-order valence-electron chi connectivity index (χ0n) is 14.8. The smallest absolute Gasteiger partial charge is 0.325 e. The summed E-state index contributed by atoms with van der Waals surface area (Å²) >= 11 is 0. The fourth-order valence-corrected chi connectivity index (χ4v) is 1.72. The van der Waals surface area contributed by atoms with E-state index in [-0.39, 0.29) is 18.4 Å². The summed E-state index contributed by atoms with van der Waals surface area (Å²) in [4.78, 5) is 46.4. The van der Waals surface area contributed by atoms with Crippen LogP contribution in [0.25, 0.3) is 0 Å². The highest BCUT2D eigenvalue weighted by molar-refractivity contribution is 5.92. The van der Waals surface area contributed by atoms with Gasteiger partial charge in [-0.3, -0.25) is 19.2 Å². The molecule has 0 aromatic carbocycles. The molecule has 0 rings (SSSR count). The zero-order valence-corrected chi connectivity index (χ0v) is 14.8. The van der Waals surface area contributed by atoms with Crippen molar-refractivity contribution in [1.29, 1.82) is 0 Å². The molecule has 0 saturated carbocycles. The molecule has 24 heavy (non-hydrogen) atoms. The Morgan fingerprint density at radius 2 is 1.46 bits per heavy atom. The molecule has 0 radical (unpaired) electrons. The van der Waals surface area contributed by atoms with Gasteiger partial charge in [0.05, 0.1) is 12.6 Å². The summed E-state index contributed by atoms with van der Waals surface area (Å²) < 4.78 is 0. The third kappa shape index (κ3) is 7.40. The lowest BCUT2D eigenvalue weighted by atomic mass is 10.0. The van der Waals surface area contributed by atoms with E-state index in [2.05, 4.69) is 16.0 Å². The van der Waals surface area contributed by atoms with Crippen molar-refractivity contribution < 1.29 is 24.3 Å². The van der Waals surface area contributed by atoms with E-state index in [9.17, 15) is 19.2 Å². The Morgan fingerprint density at radius 1 is 0.917 bits per heavy atom. The average Bonchev–Trinajstić information content (AvgIpc) is 2.48. The minimum absolute atomic E-state index is 0.0795. The van der Waals surface area contributed by atoms with Crippen LogP contribution in [0.4, 0.5) is 0 Å². The molecule has 3 amide bonds. The molecule has 0 fully saturated rings. The Kier molecular flexibility index (Phi) is 8.97. The predicted octanol–water partition coefficient (Wildman–Crippen LogP) is -1.18. The van der Waals surface area contributed by atoms with E-state index >= 15 is 0 Å². The number of carboxylic acid groups (broad SMARTS) is 1. The molecule has 3 unspecified atom stereocenters. The molecule has 0 saturated heterocycles. The van der Waals surface area contributed by atoms with Gasteiger partial charge in [0.1, 0.15) is 12.1 Å². The van der Waals surface area contributed by atoms with Gasteiger partial charge in [-0.25, -0.2) is 0 Å². The largest absolute Gasteiger partial charge is 0.480 e. The standard InChI is InChI=1S/C15H28N4O5/c1-7(2)11(16)13(21)19-12(8(3)4)14(22)17-6-10(20)18-9(5)15(23)24/h7-9,11-12H,6,16H2,1-5H3,(H,17,22)(H,18,20)(H,19,21)(H,23,24). The van der Waals surface area contributed by atoms with Gasteiger partial charge in [0.25, 0.3) is 0 Å². The number of amides is 3. The van der Waals surface area contributed by atoms with E-state index in [1.807, 2.05) is 0 Å². The van der Waals surface area contributed by atoms with E-state index in [0.29, 0.717) is 0 Å². The van der Waals surface area contributed by atoms with Crippen LogP contribution in [0.2, 0.25) is 0 Å². The van der Waals surface area contributed by atoms with Gasteiger partial charge < -0.3 is 26.8 Å². The lowest BCUT2D eigenvalue weighted by molar-refractivity contribution is -0.141. The van der Waals surface area contributed by atoms with Crippen molar-refractivity contribution in [2.24, 2.45) is 17.6 Å². The van der Waals surface area contributed by atoms with Crippen molar-refractivity contribution in [3.05, 3.63) is 0 Å². The maximum absolute atomic E-state index is 12.2. The number of hydrogen-bond acceptors (Lipinski definition) is 5. The number of carboxylic acids is 1. The van der Waals surface area contributed by atoms with Crippen LogP contribution in [0.5, 0.6) is 0 Å². The van der Waals surface area contributed by atoms with Crippen LogP contribution >= 0.6 is 0 Å². The Hall–Kier alpha value is -2.16. The molecule has 0 aliphatic rings. The second kappa shape index (κ2) is 9.86. The number of aliphatic carboxylic acids is 1. The fourth-order valence-electron chi connectivity index (χ4n) is 1.72. The first-order valence-electron chi connectivity index (χ1n) is 7.83. The molecule has 9 heteroatoms. The number of nitrogens with two attached hydrogens (primary N) is 1. The number of carbonyl (C=O) groups excluding carboxylic acids is 3. The summed E-state index contributed by atoms with van der Waals surface area (Å²) in [6.07, 6.45) is 0. The summed E-state index contributed by atoms with van der Waals surface area (Å²) in [7, 11) is 0. The van der Waals surface area contributed by atoms with Crippen LogP contribution in [0.15, 0.2) is 0 Å². The average molecular weight is 344 g/mol. The van der Waals surface area contributed by atoms with Crippen LogP contribution in [0, 0.1) is 11.8 Å². The maximum Gasteiger partial charge on any atom is 0.325 e. The van der Waals surface area contributed by atoms with Gasteiger partial charge in [0.2, 0.25) is 17.7 Å². The quantitative estimate of drug-likeness (QED) is 0.355. The number of nitrogens with one attached hydrogen (secondary N) is 3. The van der Waals surface area contributed by atoms with Crippen LogP contribution in [0.3, 0.4) is 0 Å². The van der Waals surface area contributed by atoms with Gasteiger partial charge in [0, 0.05) is 0 Å². The van der Waals surface area contributed by atoms with Gasteiger partial charge in [-0.2, -0.15) is 0 Å². The number of carbonyl (C=O) groups is 4. The summed E-state index contributed by atoms with van der Waals surface area (Å²) in [5.41, 5.74) is 5.75. The summed E-state index contributed by atoms with van der Waals surface area (Å²) in [6.45, 7) is 8.01. The minimum Gasteiger partial charge on any atom is -0.480 e. The molecular formula is C15H28N4O5. The molecule has 138 valence electrons. The molecule has 0 aromatic rings. The lowest BCUT2D eigenvalue weighted by Gasteiger charge is -2.24. The van der Waals surface area contributed by atoms with E-state index in [1.54, 1.807) is 27.7 Å². The Bertz CT molecular complexity index is 478. The molecule has 0 heterocycles. The van der Waals surface area contributed by atoms with E-state index in [1.165, 1.54) is 6.92 Å². The first-order valence-corrected chi connectivity index (χ1v) is 7.83. The highest BCUT2D eigenvalue weighted by Crippen LogP contribution is 2.04. The summed E-state index contributed by atoms with van der Waals surface area (Å²) in [5, 5.41) is 15.9. The van der Waals surface area contributed by atoms with E-state index in [4.69, 9.17) is 10.8 Å². The lowest BCUT2D eigenvalue weighted by Crippen LogP contribution is -2.56. The molecule has 0 aromatic heterocycles. The Balaban J connectivity index is 4.63. The van der Waals surface area contributed by atoms with Crippen molar-refractivity contribution in [3.8, 4) is 0 Å². The predicted molar refractivity (Wildman–Crippen MR) is 87.8 cm³/mol. The van der Waals surface area contributed by atoms with E-state index in [0.717, 1.165) is 0 Å². The molecule has 6 N–H and O–H groups in total. The molecule has 0 spiro atoms. The Labute approximate surface area is 141 Å². The molecular weight excluding hydrogens is 316 g/mol. The zero-order chi connectivity index (χ0) is 19.0. The van der Waals surface area contributed by atoms with Crippen LogP contribution in [0.1, 0.15) is 34.6 Å². The summed E-state index contributed by atoms with van der Waals surface area (Å²) in [5.74, 6) is -3.08. The first kappa shape index (κ1) is 21.8. The first-order chi connectivity index (χ1) is 11.0. The Morgan fingerprint density at radius 3 is 1.88 bits per heavy atom. The minimum atomic E-state index is -1.18. The van der Waals surface area contributed by atoms with Gasteiger partial charge in [0.15, 0.2) is 0 Å². The monoisotopic (exact) mass is 344 g/mol. The highest BCUT2D eigenvalue weighted by Gasteiger charge is 2.27. The number of hydrogen-bond donors (Lipinski definition) is 5. The van der Waals surface area contributed by atoms with E-state index < -0.39 is 41.8 Å². The second-order valence-electron chi connectivity index (χ2n) is 6.35. The third-order valence-corrected chi connectivity index (χ3v) is 3.44. The molecule has 0 bridgehead atoms. The molecule has 0 aliphatic carbocycles. The van der Waals surface area contributed by atoms with Crippen molar-refractivity contribution >= 4 is 23.7 Å². The van der Waals surface area contributed by atoms with Crippen molar-refractivity contribution in [2.75, 3.05) is 6.54 Å². The molecule has 3 atom stereocenters. The van der Waals surface area contributed by atoms with Crippen molar-refractivity contribution in [1.82, 2.24) is 16.0 Å². The highest BCUT2D eigenvalue weighted by atomic mass is 16.4. The van der Waals surface area contributed by atoms with Gasteiger partial charge in [-0.05, 0) is 18.8 Å². The van der Waals surface area contributed by atoms with Crippen LogP contribution in [-0.4, -0.2) is 53.5 Å². The van der Waals surface area contributed by atoms with Gasteiger partial charge >= 0.3 is 5.97 Å². The third-order valence-electron chi connectivity index (χ3n) is 3.44. The molecule has 0 aliphatic heterocycles. The SMILES string of the molecule is CC(NC(=O)CNC(=O)C(NC(=O)C(N)C(C)C)C(C)C)C(=O)O. The topological polar surface area (TPSA) is 151 Å². The van der Waals surface area contributed by atoms with Gasteiger partial charge in [-0.1, -0.05) is 27.7 Å². The fraction of sp³-hybridized carbons (Fsp3) is 0.733. The van der Waals surface area contributed by atoms with Crippen molar-refractivity contribution in [3.63, 3.8) is 0 Å². The van der Waals surface area contributed by atoms with Crippen molar-refractivity contribution in [2.45, 2.75) is 52.7 Å². The normalized spacial score (nSPS) is 14.7. The van der Waals surface area contributed by atoms with Crippen LogP contribution in [-0.2, 0) is 19.2 Å². The number of rotatable bonds is 9. The second-order valence-corrected chi connectivity index (χ2v) is 6.35. The maximum atomic E-state index is 12.2. The summed E-state index contributed by atoms with van der Waals surface area (Å²) in [6, 6.07) is -2.63. The van der Waals surface area contributed by atoms with Gasteiger partial charge in [-0.15, -0.1) is 0 Å². The van der Waals surface area contributed by atoms with Crippen LogP contribution < -0.4 is 21.7 Å².